The Morgan fingerprint density at radius 1 is 1.30 bits per heavy atom. The molecule has 0 saturated heterocycles. The van der Waals surface area contributed by atoms with Gasteiger partial charge >= 0.3 is 0 Å². The van der Waals surface area contributed by atoms with E-state index in [9.17, 15) is 4.39 Å². The molecule has 7 nitrogen and oxygen atoms in total. The Kier molecular flexibility index (Phi) is 4.42. The Balaban J connectivity index is 1.55. The van der Waals surface area contributed by atoms with Gasteiger partial charge in [0, 0.05) is 43.5 Å². The van der Waals surface area contributed by atoms with Gasteiger partial charge in [0.1, 0.15) is 11.6 Å². The molecule has 4 aromatic rings. The SMILES string of the molecule is CCc1cn2c(NCc3c(F)ccc4c3CCO4)ncc(-c3cc(C)nn3C)c2n1. The second-order valence-electron chi connectivity index (χ2n) is 7.52. The molecular formula is C22H23FN6O. The van der Waals surface area contributed by atoms with Crippen molar-refractivity contribution in [2.45, 2.75) is 33.2 Å². The van der Waals surface area contributed by atoms with E-state index in [0.29, 0.717) is 24.7 Å². The van der Waals surface area contributed by atoms with Gasteiger partial charge in [-0.1, -0.05) is 6.92 Å². The molecule has 0 aliphatic carbocycles. The van der Waals surface area contributed by atoms with Gasteiger partial charge in [0.15, 0.2) is 5.65 Å². The lowest BCUT2D eigenvalue weighted by Crippen LogP contribution is -2.10. The molecule has 0 amide bonds. The van der Waals surface area contributed by atoms with E-state index in [0.717, 1.165) is 52.4 Å². The minimum absolute atomic E-state index is 0.232. The largest absolute Gasteiger partial charge is 0.493 e. The molecule has 5 rings (SSSR count). The lowest BCUT2D eigenvalue weighted by Gasteiger charge is -2.13. The number of nitrogens with one attached hydrogen (secondary N) is 1. The Labute approximate surface area is 173 Å². The van der Waals surface area contributed by atoms with Gasteiger partial charge in [0.2, 0.25) is 5.95 Å². The van der Waals surface area contributed by atoms with Crippen LogP contribution >= 0.6 is 0 Å². The Hall–Kier alpha value is -3.42. The highest BCUT2D eigenvalue weighted by Crippen LogP contribution is 2.31. The van der Waals surface area contributed by atoms with Crippen LogP contribution in [0, 0.1) is 12.7 Å². The fourth-order valence-corrected chi connectivity index (χ4v) is 4.04. The zero-order valence-electron chi connectivity index (χ0n) is 17.2. The number of hydrogen-bond donors (Lipinski definition) is 1. The van der Waals surface area contributed by atoms with Gasteiger partial charge in [-0.15, -0.1) is 0 Å². The van der Waals surface area contributed by atoms with Crippen molar-refractivity contribution in [1.29, 1.82) is 0 Å². The normalized spacial score (nSPS) is 12.9. The highest BCUT2D eigenvalue weighted by molar-refractivity contribution is 5.76. The third-order valence-electron chi connectivity index (χ3n) is 5.54. The predicted molar refractivity (Wildman–Crippen MR) is 112 cm³/mol. The molecule has 0 spiro atoms. The molecule has 1 N–H and O–H groups in total. The van der Waals surface area contributed by atoms with E-state index in [1.165, 1.54) is 6.07 Å². The van der Waals surface area contributed by atoms with Crippen molar-refractivity contribution in [2.24, 2.45) is 7.05 Å². The Bertz CT molecular complexity index is 1260. The van der Waals surface area contributed by atoms with Crippen molar-refractivity contribution in [1.82, 2.24) is 24.1 Å². The van der Waals surface area contributed by atoms with Gasteiger partial charge in [0.25, 0.3) is 0 Å². The maximum Gasteiger partial charge on any atom is 0.208 e. The van der Waals surface area contributed by atoms with Gasteiger partial charge in [-0.2, -0.15) is 5.10 Å². The number of anilines is 1. The van der Waals surface area contributed by atoms with Crippen molar-refractivity contribution in [3.63, 3.8) is 0 Å². The fourth-order valence-electron chi connectivity index (χ4n) is 4.04. The van der Waals surface area contributed by atoms with Crippen LogP contribution in [0.15, 0.2) is 30.6 Å². The average molecular weight is 406 g/mol. The first kappa shape index (κ1) is 18.6. The molecule has 0 unspecified atom stereocenters. The van der Waals surface area contributed by atoms with E-state index in [2.05, 4.69) is 22.3 Å². The van der Waals surface area contributed by atoms with E-state index in [1.54, 1.807) is 12.3 Å². The number of nitrogens with zero attached hydrogens (tertiary/aromatic N) is 5. The first-order chi connectivity index (χ1) is 14.5. The molecule has 4 heterocycles. The smallest absolute Gasteiger partial charge is 0.208 e. The van der Waals surface area contributed by atoms with Crippen LogP contribution < -0.4 is 10.1 Å². The second-order valence-corrected chi connectivity index (χ2v) is 7.52. The number of imidazole rings is 1. The van der Waals surface area contributed by atoms with Crippen LogP contribution in [0.1, 0.15) is 29.4 Å². The Morgan fingerprint density at radius 2 is 2.17 bits per heavy atom. The summed E-state index contributed by atoms with van der Waals surface area (Å²) < 4.78 is 23.9. The molecule has 0 radical (unpaired) electrons. The minimum Gasteiger partial charge on any atom is -0.493 e. The summed E-state index contributed by atoms with van der Waals surface area (Å²) in [5.41, 5.74) is 6.12. The second kappa shape index (κ2) is 7.12. The summed E-state index contributed by atoms with van der Waals surface area (Å²) >= 11 is 0. The molecule has 0 atom stereocenters. The standard InChI is InChI=1S/C22H23FN6O/c1-4-14-12-29-21(26-14)17(19-9-13(2)27-28(19)3)11-25-22(29)24-10-16-15-7-8-30-20(15)6-5-18(16)23/h5-6,9,11-12H,4,7-8,10H2,1-3H3,(H,24,25). The number of hydrogen-bond acceptors (Lipinski definition) is 5. The van der Waals surface area contributed by atoms with Crippen molar-refractivity contribution in [3.8, 4) is 17.0 Å². The summed E-state index contributed by atoms with van der Waals surface area (Å²) in [6, 6.07) is 5.18. The van der Waals surface area contributed by atoms with Crippen LogP contribution in [0.25, 0.3) is 16.9 Å². The summed E-state index contributed by atoms with van der Waals surface area (Å²) in [6.45, 7) is 4.95. The number of rotatable bonds is 5. The molecule has 154 valence electrons. The van der Waals surface area contributed by atoms with E-state index in [-0.39, 0.29) is 5.82 Å². The fraction of sp³-hybridized carbons (Fsp3) is 0.318. The maximum absolute atomic E-state index is 14.5. The lowest BCUT2D eigenvalue weighted by atomic mass is 10.0. The van der Waals surface area contributed by atoms with Crippen LogP contribution in [0.4, 0.5) is 10.3 Å². The number of ether oxygens (including phenoxy) is 1. The first-order valence-electron chi connectivity index (χ1n) is 10.1. The highest BCUT2D eigenvalue weighted by atomic mass is 19.1. The quantitative estimate of drug-likeness (QED) is 0.548. The van der Waals surface area contributed by atoms with Crippen LogP contribution in [0.3, 0.4) is 0 Å². The van der Waals surface area contributed by atoms with Crippen LogP contribution in [0.5, 0.6) is 5.75 Å². The van der Waals surface area contributed by atoms with Gasteiger partial charge in [-0.3, -0.25) is 9.08 Å². The number of aryl methyl sites for hydroxylation is 3. The molecule has 8 heteroatoms. The number of fused-ring (bicyclic) bond motifs is 2. The summed E-state index contributed by atoms with van der Waals surface area (Å²) in [6.07, 6.45) is 5.31. The number of halogens is 1. The van der Waals surface area contributed by atoms with Crippen LogP contribution in [-0.4, -0.2) is 30.8 Å². The molecular weight excluding hydrogens is 383 g/mol. The van der Waals surface area contributed by atoms with Crippen molar-refractivity contribution in [2.75, 3.05) is 11.9 Å². The lowest BCUT2D eigenvalue weighted by molar-refractivity contribution is 0.356. The van der Waals surface area contributed by atoms with Crippen molar-refractivity contribution < 1.29 is 9.13 Å². The molecule has 1 aliphatic heterocycles. The third-order valence-corrected chi connectivity index (χ3v) is 5.54. The van der Waals surface area contributed by atoms with Crippen molar-refractivity contribution in [3.05, 3.63) is 58.9 Å². The molecule has 3 aromatic heterocycles. The van der Waals surface area contributed by atoms with E-state index in [4.69, 9.17) is 9.72 Å². The summed E-state index contributed by atoms with van der Waals surface area (Å²) in [5.74, 6) is 1.16. The van der Waals surface area contributed by atoms with Gasteiger partial charge < -0.3 is 10.1 Å². The minimum atomic E-state index is -0.232. The van der Waals surface area contributed by atoms with Gasteiger partial charge in [0.05, 0.1) is 29.3 Å². The zero-order valence-corrected chi connectivity index (χ0v) is 17.2. The molecule has 0 bridgehead atoms. The van der Waals surface area contributed by atoms with Gasteiger partial charge in [-0.05, 0) is 31.5 Å². The van der Waals surface area contributed by atoms with E-state index < -0.39 is 0 Å². The predicted octanol–water partition coefficient (Wildman–Crippen LogP) is 3.69. The summed E-state index contributed by atoms with van der Waals surface area (Å²) in [7, 11) is 1.91. The maximum atomic E-state index is 14.5. The molecule has 30 heavy (non-hydrogen) atoms. The first-order valence-corrected chi connectivity index (χ1v) is 10.1. The Morgan fingerprint density at radius 3 is 2.93 bits per heavy atom. The summed E-state index contributed by atoms with van der Waals surface area (Å²) in [5, 5.41) is 7.75. The van der Waals surface area contributed by atoms with E-state index in [1.807, 2.05) is 35.3 Å². The third kappa shape index (κ3) is 2.99. The zero-order chi connectivity index (χ0) is 20.8. The number of aromatic nitrogens is 5. The van der Waals surface area contributed by atoms with E-state index >= 15 is 0 Å². The van der Waals surface area contributed by atoms with Gasteiger partial charge in [-0.25, -0.2) is 14.4 Å². The average Bonchev–Trinajstić information content (AvgIpc) is 3.45. The van der Waals surface area contributed by atoms with Crippen molar-refractivity contribution >= 4 is 11.6 Å². The molecule has 0 saturated carbocycles. The summed E-state index contributed by atoms with van der Waals surface area (Å²) in [4.78, 5) is 9.43. The molecule has 1 aromatic carbocycles. The molecule has 0 fully saturated rings. The van der Waals surface area contributed by atoms with Crippen LogP contribution in [0.2, 0.25) is 0 Å². The monoisotopic (exact) mass is 406 g/mol. The molecule has 1 aliphatic rings. The topological polar surface area (TPSA) is 69.3 Å². The highest BCUT2D eigenvalue weighted by Gasteiger charge is 2.20. The van der Waals surface area contributed by atoms with Crippen LogP contribution in [-0.2, 0) is 26.4 Å². The number of benzene rings is 1.